The van der Waals surface area contributed by atoms with Gasteiger partial charge in [0, 0.05) is 36.1 Å². The molecule has 0 spiro atoms. The number of carbonyl (C=O) groups excluding carboxylic acids is 1. The normalized spacial score (nSPS) is 10.6. The molecule has 3 aromatic carbocycles. The highest BCUT2D eigenvalue weighted by molar-refractivity contribution is 7.14. The maximum absolute atomic E-state index is 12.3. The highest BCUT2D eigenvalue weighted by Gasteiger charge is 2.15. The monoisotopic (exact) mass is 501 g/mol. The molecule has 0 bridgehead atoms. The minimum Gasteiger partial charge on any atom is -0.497 e. The minimum absolute atomic E-state index is 0.0977. The number of thiazole rings is 1. The van der Waals surface area contributed by atoms with Crippen LogP contribution in [0.5, 0.6) is 5.75 Å². The lowest BCUT2D eigenvalue weighted by atomic mass is 10.1. The van der Waals surface area contributed by atoms with Crippen molar-refractivity contribution in [3.05, 3.63) is 101 Å². The molecule has 0 unspecified atom stereocenters. The van der Waals surface area contributed by atoms with Gasteiger partial charge in [0.25, 0.3) is 5.91 Å². The third kappa shape index (κ3) is 6.70. The summed E-state index contributed by atoms with van der Waals surface area (Å²) in [5.74, 6) is -0.442. The zero-order valence-electron chi connectivity index (χ0n) is 19.9. The van der Waals surface area contributed by atoms with Crippen LogP contribution in [0.15, 0.2) is 84.2 Å². The van der Waals surface area contributed by atoms with Gasteiger partial charge in [-0.15, -0.1) is 11.3 Å². The molecule has 0 saturated carbocycles. The lowest BCUT2D eigenvalue weighted by Gasteiger charge is -2.22. The smallest absolute Gasteiger partial charge is 0.305 e. The van der Waals surface area contributed by atoms with Crippen LogP contribution in [0.25, 0.3) is 11.3 Å². The number of anilines is 1. The van der Waals surface area contributed by atoms with Crippen LogP contribution in [-0.2, 0) is 17.9 Å². The number of ether oxygens (including phenoxy) is 1. The van der Waals surface area contributed by atoms with Crippen molar-refractivity contribution in [2.24, 2.45) is 0 Å². The fraction of sp³-hybridized carbons (Fsp3) is 0.179. The Morgan fingerprint density at radius 2 is 1.69 bits per heavy atom. The summed E-state index contributed by atoms with van der Waals surface area (Å²) >= 11 is 1.59. The first-order chi connectivity index (χ1) is 17.5. The molecule has 0 atom stereocenters. The quantitative estimate of drug-likeness (QED) is 0.292. The van der Waals surface area contributed by atoms with Gasteiger partial charge in [-0.25, -0.2) is 4.98 Å². The van der Waals surface area contributed by atoms with Crippen molar-refractivity contribution in [2.45, 2.75) is 19.5 Å². The molecule has 1 aromatic heterocycles. The number of carboxylic acid groups (broad SMARTS) is 1. The summed E-state index contributed by atoms with van der Waals surface area (Å²) in [5.41, 5.74) is 4.58. The topological polar surface area (TPSA) is 91.8 Å². The van der Waals surface area contributed by atoms with Gasteiger partial charge in [-0.05, 0) is 35.4 Å². The molecular weight excluding hydrogens is 474 g/mol. The van der Waals surface area contributed by atoms with Crippen LogP contribution in [0.4, 0.5) is 5.13 Å². The Bertz CT molecular complexity index is 1310. The predicted molar refractivity (Wildman–Crippen MR) is 141 cm³/mol. The van der Waals surface area contributed by atoms with Gasteiger partial charge < -0.3 is 20.1 Å². The van der Waals surface area contributed by atoms with Crippen molar-refractivity contribution in [2.75, 3.05) is 18.6 Å². The van der Waals surface area contributed by atoms with Crippen LogP contribution in [0.1, 0.15) is 27.9 Å². The zero-order valence-corrected chi connectivity index (χ0v) is 20.7. The Kier molecular flexibility index (Phi) is 8.31. The van der Waals surface area contributed by atoms with Crippen molar-refractivity contribution < 1.29 is 19.4 Å². The molecular formula is C28H27N3O4S. The Labute approximate surface area is 214 Å². The molecule has 7 nitrogen and oxygen atoms in total. The largest absolute Gasteiger partial charge is 0.497 e. The minimum atomic E-state index is -0.944. The number of nitrogens with one attached hydrogen (secondary N) is 1. The number of rotatable bonds is 11. The number of methoxy groups -OCH3 is 1. The van der Waals surface area contributed by atoms with Crippen LogP contribution >= 0.6 is 11.3 Å². The maximum Gasteiger partial charge on any atom is 0.305 e. The lowest BCUT2D eigenvalue weighted by Crippen LogP contribution is -2.26. The van der Waals surface area contributed by atoms with E-state index in [1.165, 1.54) is 5.56 Å². The maximum atomic E-state index is 12.3. The molecule has 0 radical (unpaired) electrons. The van der Waals surface area contributed by atoms with Gasteiger partial charge in [-0.1, -0.05) is 54.6 Å². The second-order valence-electron chi connectivity index (χ2n) is 8.19. The summed E-state index contributed by atoms with van der Waals surface area (Å²) < 4.78 is 5.36. The van der Waals surface area contributed by atoms with E-state index in [-0.39, 0.29) is 18.9 Å². The number of hydrogen-bond acceptors (Lipinski definition) is 6. The fourth-order valence-corrected chi connectivity index (χ4v) is 4.52. The molecule has 1 amide bonds. The molecule has 0 saturated heterocycles. The molecule has 0 aliphatic rings. The van der Waals surface area contributed by atoms with Crippen molar-refractivity contribution in [3.63, 3.8) is 0 Å². The van der Waals surface area contributed by atoms with Gasteiger partial charge in [-0.3, -0.25) is 9.59 Å². The van der Waals surface area contributed by atoms with Gasteiger partial charge >= 0.3 is 5.97 Å². The van der Waals surface area contributed by atoms with Crippen molar-refractivity contribution in [1.82, 2.24) is 10.3 Å². The van der Waals surface area contributed by atoms with E-state index in [9.17, 15) is 9.59 Å². The third-order valence-electron chi connectivity index (χ3n) is 5.56. The molecule has 36 heavy (non-hydrogen) atoms. The molecule has 1 heterocycles. The number of aliphatic carboxylic acids is 1. The summed E-state index contributed by atoms with van der Waals surface area (Å²) in [6, 6.07) is 25.4. The molecule has 0 aliphatic carbocycles. The first kappa shape index (κ1) is 24.9. The molecule has 2 N–H and O–H groups in total. The number of carboxylic acids is 1. The van der Waals surface area contributed by atoms with E-state index < -0.39 is 5.97 Å². The Hall–Kier alpha value is -4.17. The number of amides is 1. The third-order valence-corrected chi connectivity index (χ3v) is 6.46. The van der Waals surface area contributed by atoms with Crippen LogP contribution in [0.3, 0.4) is 0 Å². The summed E-state index contributed by atoms with van der Waals surface area (Å²) in [6.45, 7) is 1.39. The predicted octanol–water partition coefficient (Wildman–Crippen LogP) is 5.23. The van der Waals surface area contributed by atoms with Crippen molar-refractivity contribution in [3.8, 4) is 17.0 Å². The average molecular weight is 502 g/mol. The molecule has 184 valence electrons. The summed E-state index contributed by atoms with van der Waals surface area (Å²) in [5, 5.41) is 14.3. The number of hydrogen-bond donors (Lipinski definition) is 2. The molecule has 0 fully saturated rings. The van der Waals surface area contributed by atoms with Crippen molar-refractivity contribution in [1.29, 1.82) is 0 Å². The summed E-state index contributed by atoms with van der Waals surface area (Å²) in [4.78, 5) is 30.1. The number of benzene rings is 3. The number of nitrogens with zero attached hydrogens (tertiary/aromatic N) is 2. The van der Waals surface area contributed by atoms with Gasteiger partial charge in [0.05, 0.1) is 19.2 Å². The molecule has 4 rings (SSSR count). The lowest BCUT2D eigenvalue weighted by molar-refractivity contribution is -0.136. The van der Waals surface area contributed by atoms with Crippen LogP contribution in [0, 0.1) is 0 Å². The highest BCUT2D eigenvalue weighted by atomic mass is 32.1. The SMILES string of the molecule is COc1cccc(-c2csc(N(Cc3ccccc3)Cc3ccc(C(=O)NCCC(=O)O)cc3)n2)c1. The van der Waals surface area contributed by atoms with Crippen LogP contribution < -0.4 is 15.0 Å². The molecule has 8 heteroatoms. The number of carbonyl (C=O) groups is 2. The van der Waals surface area contributed by atoms with Gasteiger partial charge in [0.15, 0.2) is 5.13 Å². The fourth-order valence-electron chi connectivity index (χ4n) is 3.69. The van der Waals surface area contributed by atoms with Gasteiger partial charge in [0.2, 0.25) is 0 Å². The van der Waals surface area contributed by atoms with Crippen molar-refractivity contribution >= 4 is 28.3 Å². The summed E-state index contributed by atoms with van der Waals surface area (Å²) in [6.07, 6.45) is -0.107. The second kappa shape index (κ2) is 12.0. The van der Waals surface area contributed by atoms with E-state index in [2.05, 4.69) is 22.3 Å². The van der Waals surface area contributed by atoms with Crippen LogP contribution in [0.2, 0.25) is 0 Å². The van der Waals surface area contributed by atoms with Gasteiger partial charge in [-0.2, -0.15) is 0 Å². The first-order valence-electron chi connectivity index (χ1n) is 11.5. The van der Waals surface area contributed by atoms with E-state index in [4.69, 9.17) is 14.8 Å². The molecule has 4 aromatic rings. The Balaban J connectivity index is 1.52. The molecule has 0 aliphatic heterocycles. The Morgan fingerprint density at radius 1 is 0.972 bits per heavy atom. The van der Waals surface area contributed by atoms with E-state index in [0.29, 0.717) is 18.7 Å². The Morgan fingerprint density at radius 3 is 2.39 bits per heavy atom. The van der Waals surface area contributed by atoms with E-state index in [0.717, 1.165) is 27.7 Å². The highest BCUT2D eigenvalue weighted by Crippen LogP contribution is 2.31. The first-order valence-corrected chi connectivity index (χ1v) is 12.4. The van der Waals surface area contributed by atoms with E-state index >= 15 is 0 Å². The zero-order chi connectivity index (χ0) is 25.3. The second-order valence-corrected chi connectivity index (χ2v) is 9.02. The van der Waals surface area contributed by atoms with E-state index in [1.54, 1.807) is 30.6 Å². The van der Waals surface area contributed by atoms with Crippen LogP contribution in [-0.4, -0.2) is 35.6 Å². The standard InChI is InChI=1S/C28H27N3O4S/c1-35-24-9-5-8-23(16-24)25-19-36-28(30-25)31(17-20-6-3-2-4-7-20)18-21-10-12-22(13-11-21)27(34)29-15-14-26(32)33/h2-13,16,19H,14-15,17-18H2,1H3,(H,29,34)(H,32,33). The van der Waals surface area contributed by atoms with E-state index in [1.807, 2.05) is 60.0 Å². The van der Waals surface area contributed by atoms with Gasteiger partial charge in [0.1, 0.15) is 5.75 Å². The summed E-state index contributed by atoms with van der Waals surface area (Å²) in [7, 11) is 1.65. The number of aromatic nitrogens is 1. The average Bonchev–Trinajstić information content (AvgIpc) is 3.40.